The van der Waals surface area contributed by atoms with E-state index in [-0.39, 0.29) is 0 Å². The van der Waals surface area contributed by atoms with Crippen molar-refractivity contribution in [3.63, 3.8) is 0 Å². The van der Waals surface area contributed by atoms with E-state index in [2.05, 4.69) is 188 Å². The lowest BCUT2D eigenvalue weighted by atomic mass is 10.1. The average Bonchev–Trinajstić information content (AvgIpc) is 3.93. The van der Waals surface area contributed by atoms with Crippen LogP contribution in [0.15, 0.2) is 170 Å². The van der Waals surface area contributed by atoms with Crippen molar-refractivity contribution in [3.05, 3.63) is 170 Å². The van der Waals surface area contributed by atoms with Crippen LogP contribution in [0.3, 0.4) is 0 Å². The van der Waals surface area contributed by atoms with Gasteiger partial charge in [0.25, 0.3) is 0 Å². The van der Waals surface area contributed by atoms with E-state index in [0.29, 0.717) is 0 Å². The van der Waals surface area contributed by atoms with Crippen molar-refractivity contribution in [3.8, 4) is 5.69 Å². The van der Waals surface area contributed by atoms with Crippen LogP contribution in [-0.2, 0) is 0 Å². The van der Waals surface area contributed by atoms with Crippen molar-refractivity contribution in [1.29, 1.82) is 0 Å². The fourth-order valence-electron chi connectivity index (χ4n) is 9.67. The second-order valence-electron chi connectivity index (χ2n) is 14.1. The third kappa shape index (κ3) is 3.11. The molecule has 0 saturated heterocycles. The summed E-state index contributed by atoms with van der Waals surface area (Å²) in [4.78, 5) is 0. The molecule has 0 bridgehead atoms. The van der Waals surface area contributed by atoms with Crippen molar-refractivity contribution in [2.24, 2.45) is 0 Å². The molecule has 13 rings (SSSR count). The lowest BCUT2D eigenvalue weighted by Crippen LogP contribution is -1.94. The van der Waals surface area contributed by atoms with Gasteiger partial charge in [-0.15, -0.1) is 0 Å². The topological polar surface area (TPSA) is 18.2 Å². The van der Waals surface area contributed by atoms with Crippen molar-refractivity contribution in [2.75, 3.05) is 0 Å². The number of hydrogen-bond donors (Lipinski definition) is 0. The molecule has 0 aliphatic carbocycles. The Morgan fingerprint density at radius 1 is 0.231 bits per heavy atom. The minimum atomic E-state index is 1.16. The summed E-state index contributed by atoms with van der Waals surface area (Å²) in [5.74, 6) is 0. The predicted molar refractivity (Wildman–Crippen MR) is 219 cm³/mol. The van der Waals surface area contributed by atoms with Gasteiger partial charge in [0.05, 0.1) is 60.7 Å². The zero-order chi connectivity index (χ0) is 33.7. The van der Waals surface area contributed by atoms with Crippen molar-refractivity contribution in [1.82, 2.24) is 17.8 Å². The summed E-state index contributed by atoms with van der Waals surface area (Å²) in [7, 11) is 0. The lowest BCUT2D eigenvalue weighted by Gasteiger charge is -2.09. The smallest absolute Gasteiger partial charge is 0.0783 e. The van der Waals surface area contributed by atoms with Crippen molar-refractivity contribution >= 4 is 104 Å². The minimum absolute atomic E-state index is 1.16. The van der Waals surface area contributed by atoms with E-state index in [4.69, 9.17) is 0 Å². The van der Waals surface area contributed by atoms with E-state index in [1.807, 2.05) is 0 Å². The Hall–Kier alpha value is -7.04. The maximum Gasteiger partial charge on any atom is 0.0783 e. The largest absolute Gasteiger partial charge is 0.309 e. The van der Waals surface area contributed by atoms with Crippen LogP contribution in [0, 0.1) is 0 Å². The molecule has 4 nitrogen and oxygen atoms in total. The van der Waals surface area contributed by atoms with E-state index in [0.717, 1.165) is 5.69 Å². The molecule has 5 aromatic heterocycles. The lowest BCUT2D eigenvalue weighted by molar-refractivity contribution is 1.18. The number of nitrogens with zero attached hydrogens (tertiary/aromatic N) is 4. The summed E-state index contributed by atoms with van der Waals surface area (Å²) < 4.78 is 10.0. The van der Waals surface area contributed by atoms with E-state index >= 15 is 0 Å². The molecule has 0 aliphatic heterocycles. The molecule has 4 heteroatoms. The maximum atomic E-state index is 2.54. The molecule has 0 spiro atoms. The van der Waals surface area contributed by atoms with Gasteiger partial charge in [0.2, 0.25) is 0 Å². The summed E-state index contributed by atoms with van der Waals surface area (Å²) in [5, 5.41) is 10.0. The fraction of sp³-hybridized carbons (Fsp3) is 0. The molecule has 0 saturated carbocycles. The Balaban J connectivity index is 1.34. The SMILES string of the molecule is c1ccc2c(c1)c1ccccc1n2-c1ccc2c(c1)c1cccc3c1n2c1cccc2c4ccccc4n(c4cccc5c6ccccc6n3c54)c21. The number of benzene rings is 8. The summed E-state index contributed by atoms with van der Waals surface area (Å²) in [5.41, 5.74) is 14.4. The normalized spacial score (nSPS) is 12.6. The van der Waals surface area contributed by atoms with E-state index < -0.39 is 0 Å². The molecule has 52 heavy (non-hydrogen) atoms. The van der Waals surface area contributed by atoms with Gasteiger partial charge in [0.15, 0.2) is 0 Å². The number of hydrogen-bond acceptors (Lipinski definition) is 0. The van der Waals surface area contributed by atoms with Gasteiger partial charge in [-0.3, -0.25) is 0 Å². The summed E-state index contributed by atoms with van der Waals surface area (Å²) in [6.07, 6.45) is 0. The highest BCUT2D eigenvalue weighted by atomic mass is 15.0. The van der Waals surface area contributed by atoms with Crippen LogP contribution in [0.1, 0.15) is 0 Å². The van der Waals surface area contributed by atoms with Crippen LogP contribution in [-0.4, -0.2) is 17.8 Å². The molecule has 8 aromatic carbocycles. The predicted octanol–water partition coefficient (Wildman–Crippen LogP) is 12.5. The summed E-state index contributed by atoms with van der Waals surface area (Å²) in [6, 6.07) is 62.9. The van der Waals surface area contributed by atoms with Gasteiger partial charge in [0.1, 0.15) is 0 Å². The number of aromatic nitrogens is 4. The van der Waals surface area contributed by atoms with Crippen LogP contribution in [0.25, 0.3) is 109 Å². The molecule has 0 radical (unpaired) electrons. The van der Waals surface area contributed by atoms with Crippen molar-refractivity contribution in [2.45, 2.75) is 0 Å². The van der Waals surface area contributed by atoms with Crippen LogP contribution in [0.4, 0.5) is 0 Å². The third-order valence-corrected chi connectivity index (χ3v) is 11.7. The van der Waals surface area contributed by atoms with E-state index in [1.165, 1.54) is 104 Å². The Morgan fingerprint density at radius 3 is 1.02 bits per heavy atom. The highest BCUT2D eigenvalue weighted by Gasteiger charge is 2.22. The Morgan fingerprint density at radius 2 is 0.558 bits per heavy atom. The van der Waals surface area contributed by atoms with Crippen LogP contribution >= 0.6 is 0 Å². The zero-order valence-electron chi connectivity index (χ0n) is 28.0. The fourth-order valence-corrected chi connectivity index (χ4v) is 9.67. The maximum absolute atomic E-state index is 2.54. The summed E-state index contributed by atoms with van der Waals surface area (Å²) in [6.45, 7) is 0. The number of para-hydroxylation sites is 7. The van der Waals surface area contributed by atoms with Gasteiger partial charge in [-0.1, -0.05) is 109 Å². The average molecular weight is 661 g/mol. The first-order valence-electron chi connectivity index (χ1n) is 18.0. The first-order valence-corrected chi connectivity index (χ1v) is 18.0. The molecule has 13 aromatic rings. The van der Waals surface area contributed by atoms with Gasteiger partial charge in [-0.25, -0.2) is 0 Å². The van der Waals surface area contributed by atoms with Gasteiger partial charge >= 0.3 is 0 Å². The van der Waals surface area contributed by atoms with Crippen LogP contribution in [0.5, 0.6) is 0 Å². The first-order chi connectivity index (χ1) is 25.8. The molecule has 0 aliphatic rings. The molecule has 5 heterocycles. The van der Waals surface area contributed by atoms with Crippen LogP contribution < -0.4 is 0 Å². The monoisotopic (exact) mass is 660 g/mol. The molecular formula is C48H28N4. The highest BCUT2D eigenvalue weighted by molar-refractivity contribution is 6.22. The molecule has 0 fully saturated rings. The second-order valence-corrected chi connectivity index (χ2v) is 14.1. The molecular weight excluding hydrogens is 633 g/mol. The molecule has 0 amide bonds. The van der Waals surface area contributed by atoms with Crippen molar-refractivity contribution < 1.29 is 0 Å². The molecule has 240 valence electrons. The second kappa shape index (κ2) is 9.39. The van der Waals surface area contributed by atoms with Gasteiger partial charge in [-0.2, -0.15) is 0 Å². The molecule has 0 atom stereocenters. The van der Waals surface area contributed by atoms with Gasteiger partial charge in [-0.05, 0) is 60.7 Å². The van der Waals surface area contributed by atoms with Gasteiger partial charge in [0, 0.05) is 48.8 Å². The molecule has 0 unspecified atom stereocenters. The first kappa shape index (κ1) is 26.8. The Labute approximate surface area is 296 Å². The van der Waals surface area contributed by atoms with Gasteiger partial charge < -0.3 is 17.8 Å². The van der Waals surface area contributed by atoms with E-state index in [1.54, 1.807) is 0 Å². The highest BCUT2D eigenvalue weighted by Crippen LogP contribution is 2.42. The molecule has 0 N–H and O–H groups in total. The Bertz CT molecular complexity index is 3640. The standard InChI is InChI=1S/C48H28N4/c1-5-19-38-30(12-1)31-13-2-6-20-39(31)49(38)29-26-27-42-37(28-29)36-18-11-25-45-48(36)52(42)44-24-10-17-35-33-15-3-7-21-40(33)50(47(35)44)43-23-9-16-34-32-14-4-8-22-41(32)51(45)46(34)43/h1-28H. The number of fused-ring (bicyclic) bond motifs is 15. The number of rotatable bonds is 1. The Kier molecular flexibility index (Phi) is 4.83. The zero-order valence-corrected chi connectivity index (χ0v) is 28.0. The summed E-state index contributed by atoms with van der Waals surface area (Å²) >= 11 is 0. The quantitative estimate of drug-likeness (QED) is 0.167. The van der Waals surface area contributed by atoms with Crippen LogP contribution in [0.2, 0.25) is 0 Å². The minimum Gasteiger partial charge on any atom is -0.309 e. The third-order valence-electron chi connectivity index (χ3n) is 11.7. The van der Waals surface area contributed by atoms with E-state index in [9.17, 15) is 0 Å².